The third kappa shape index (κ3) is 10.3. The van der Waals surface area contributed by atoms with Gasteiger partial charge in [-0.1, -0.05) is 87.0 Å². The van der Waals surface area contributed by atoms with Crippen molar-refractivity contribution in [1.29, 1.82) is 0 Å². The normalized spacial score (nSPS) is 14.1. The Morgan fingerprint density at radius 1 is 0.808 bits per heavy atom. The number of carbonyl (C=O) groups excluding carboxylic acids is 2. The maximum Gasteiger partial charge on any atom is 0.230 e. The molecule has 0 spiro atoms. The quantitative estimate of drug-likeness (QED) is 0.340. The Bertz CT molecular complexity index is 380. The molecule has 0 aromatic heterocycles. The number of nitrogens with zero attached hydrogens (tertiary/aromatic N) is 1. The molecule has 0 aromatic rings. The molecule has 0 bridgehead atoms. The van der Waals surface area contributed by atoms with Crippen LogP contribution in [0, 0.1) is 17.3 Å². The van der Waals surface area contributed by atoms with Crippen LogP contribution in [0.1, 0.15) is 106 Å². The number of Topliss-reactive ketones (excluding diaryl/α,β-unsaturated/α-hetero) is 1. The van der Waals surface area contributed by atoms with Crippen molar-refractivity contribution in [2.45, 2.75) is 106 Å². The number of unbranched alkanes of at least 4 members (excludes halogenated alkanes) is 2. The second-order valence-corrected chi connectivity index (χ2v) is 8.98. The first kappa shape index (κ1) is 25.1. The third-order valence-electron chi connectivity index (χ3n) is 5.54. The molecular weight excluding hydrogens is 322 g/mol. The van der Waals surface area contributed by atoms with Gasteiger partial charge in [0.2, 0.25) is 5.91 Å². The molecule has 2 unspecified atom stereocenters. The Labute approximate surface area is 163 Å². The summed E-state index contributed by atoms with van der Waals surface area (Å²) >= 11 is 0. The van der Waals surface area contributed by atoms with E-state index in [1.165, 1.54) is 38.5 Å². The largest absolute Gasteiger partial charge is 0.342 e. The summed E-state index contributed by atoms with van der Waals surface area (Å²) in [6, 6.07) is 0. The molecule has 154 valence electrons. The van der Waals surface area contributed by atoms with Gasteiger partial charge in [-0.15, -0.1) is 0 Å². The number of rotatable bonds is 14. The highest BCUT2D eigenvalue weighted by Gasteiger charge is 2.28. The van der Waals surface area contributed by atoms with E-state index >= 15 is 0 Å². The van der Waals surface area contributed by atoms with Crippen LogP contribution in [0.4, 0.5) is 0 Å². The zero-order valence-electron chi connectivity index (χ0n) is 18.7. The predicted octanol–water partition coefficient (Wildman–Crippen LogP) is 6.25. The van der Waals surface area contributed by atoms with Crippen molar-refractivity contribution in [1.82, 2.24) is 4.90 Å². The third-order valence-corrected chi connectivity index (χ3v) is 5.54. The van der Waals surface area contributed by atoms with Crippen molar-refractivity contribution in [3.8, 4) is 0 Å². The Morgan fingerprint density at radius 3 is 1.54 bits per heavy atom. The minimum absolute atomic E-state index is 0.0369. The van der Waals surface area contributed by atoms with Crippen LogP contribution in [0.5, 0.6) is 0 Å². The highest BCUT2D eigenvalue weighted by Crippen LogP contribution is 2.22. The molecular formula is C23H45NO2. The first-order valence-electron chi connectivity index (χ1n) is 11.0. The number of ketones is 1. The molecule has 3 nitrogen and oxygen atoms in total. The molecule has 0 radical (unpaired) electrons. The van der Waals surface area contributed by atoms with E-state index in [1.807, 2.05) is 25.7 Å². The lowest BCUT2D eigenvalue weighted by molar-refractivity contribution is -0.139. The molecule has 1 amide bonds. The van der Waals surface area contributed by atoms with Crippen LogP contribution >= 0.6 is 0 Å². The van der Waals surface area contributed by atoms with Gasteiger partial charge in [0.1, 0.15) is 5.78 Å². The van der Waals surface area contributed by atoms with Crippen LogP contribution in [0.15, 0.2) is 0 Å². The number of carbonyl (C=O) groups is 2. The van der Waals surface area contributed by atoms with Crippen LogP contribution in [0.25, 0.3) is 0 Å². The van der Waals surface area contributed by atoms with E-state index < -0.39 is 5.41 Å². The van der Waals surface area contributed by atoms with Crippen molar-refractivity contribution in [3.05, 3.63) is 0 Å². The van der Waals surface area contributed by atoms with Gasteiger partial charge in [-0.3, -0.25) is 9.59 Å². The fourth-order valence-corrected chi connectivity index (χ4v) is 3.25. The Balaban J connectivity index is 5.11. The molecule has 0 aliphatic rings. The topological polar surface area (TPSA) is 37.4 Å². The second kappa shape index (κ2) is 13.3. The summed E-state index contributed by atoms with van der Waals surface area (Å²) in [7, 11) is 0. The van der Waals surface area contributed by atoms with Crippen LogP contribution in [0.3, 0.4) is 0 Å². The summed E-state index contributed by atoms with van der Waals surface area (Å²) in [4.78, 5) is 27.4. The fourth-order valence-electron chi connectivity index (χ4n) is 3.25. The van der Waals surface area contributed by atoms with Gasteiger partial charge >= 0.3 is 0 Å². The molecule has 0 aliphatic carbocycles. The SMILES string of the molecule is CCCCC(CC)CN(CC(CC)CCCC)C(=O)CC(=O)C(C)(C)C. The summed E-state index contributed by atoms with van der Waals surface area (Å²) in [6.45, 7) is 16.2. The smallest absolute Gasteiger partial charge is 0.230 e. The number of hydrogen-bond donors (Lipinski definition) is 0. The summed E-state index contributed by atoms with van der Waals surface area (Å²) in [5.41, 5.74) is -0.444. The van der Waals surface area contributed by atoms with Crippen molar-refractivity contribution < 1.29 is 9.59 Å². The van der Waals surface area contributed by atoms with Crippen molar-refractivity contribution in [2.24, 2.45) is 17.3 Å². The molecule has 0 N–H and O–H groups in total. The molecule has 2 atom stereocenters. The highest BCUT2D eigenvalue weighted by molar-refractivity contribution is 6.00. The molecule has 0 saturated carbocycles. The van der Waals surface area contributed by atoms with Crippen LogP contribution in [-0.4, -0.2) is 29.7 Å². The molecule has 26 heavy (non-hydrogen) atoms. The lowest BCUT2D eigenvalue weighted by Gasteiger charge is -2.31. The van der Waals surface area contributed by atoms with Gasteiger partial charge in [-0.25, -0.2) is 0 Å². The van der Waals surface area contributed by atoms with Gasteiger partial charge < -0.3 is 4.90 Å². The summed E-state index contributed by atoms with van der Waals surface area (Å²) in [5, 5.41) is 0. The van der Waals surface area contributed by atoms with Crippen LogP contribution in [0.2, 0.25) is 0 Å². The van der Waals surface area contributed by atoms with Gasteiger partial charge in [0.05, 0.1) is 6.42 Å². The summed E-state index contributed by atoms with van der Waals surface area (Å²) < 4.78 is 0. The van der Waals surface area contributed by atoms with Crippen molar-refractivity contribution in [3.63, 3.8) is 0 Å². The monoisotopic (exact) mass is 367 g/mol. The molecule has 0 aromatic carbocycles. The highest BCUT2D eigenvalue weighted by atomic mass is 16.2. The molecule has 0 heterocycles. The average molecular weight is 368 g/mol. The Kier molecular flexibility index (Phi) is 12.9. The standard InChI is InChI=1S/C23H45NO2/c1-8-12-14-19(10-3)17-24(18-20(11-4)15-13-9-2)22(26)16-21(25)23(5,6)7/h19-20H,8-18H2,1-7H3. The number of hydrogen-bond acceptors (Lipinski definition) is 2. The zero-order valence-corrected chi connectivity index (χ0v) is 18.7. The van der Waals surface area contributed by atoms with E-state index in [1.54, 1.807) is 0 Å². The Morgan fingerprint density at radius 2 is 1.23 bits per heavy atom. The predicted molar refractivity (Wildman–Crippen MR) is 112 cm³/mol. The van der Waals surface area contributed by atoms with Crippen LogP contribution < -0.4 is 0 Å². The van der Waals surface area contributed by atoms with Crippen molar-refractivity contribution in [2.75, 3.05) is 13.1 Å². The summed E-state index contributed by atoms with van der Waals surface area (Å²) in [6.07, 6.45) is 9.43. The molecule has 3 heteroatoms. The first-order chi connectivity index (χ1) is 12.2. The Hall–Kier alpha value is -0.860. The van der Waals surface area contributed by atoms with E-state index in [-0.39, 0.29) is 18.1 Å². The maximum absolute atomic E-state index is 13.0. The minimum Gasteiger partial charge on any atom is -0.342 e. The second-order valence-electron chi connectivity index (χ2n) is 8.98. The van der Waals surface area contributed by atoms with E-state index in [9.17, 15) is 9.59 Å². The molecule has 0 fully saturated rings. The average Bonchev–Trinajstić information content (AvgIpc) is 2.59. The van der Waals surface area contributed by atoms with E-state index in [0.29, 0.717) is 11.8 Å². The lowest BCUT2D eigenvalue weighted by atomic mass is 9.88. The summed E-state index contributed by atoms with van der Waals surface area (Å²) in [5.74, 6) is 1.19. The van der Waals surface area contributed by atoms with E-state index in [2.05, 4.69) is 27.7 Å². The van der Waals surface area contributed by atoms with Crippen molar-refractivity contribution >= 4 is 11.7 Å². The van der Waals surface area contributed by atoms with E-state index in [0.717, 1.165) is 25.9 Å². The lowest BCUT2D eigenvalue weighted by Crippen LogP contribution is -2.41. The van der Waals surface area contributed by atoms with Gasteiger partial charge in [0.25, 0.3) is 0 Å². The van der Waals surface area contributed by atoms with Crippen LogP contribution in [-0.2, 0) is 9.59 Å². The molecule has 0 saturated heterocycles. The fraction of sp³-hybridized carbons (Fsp3) is 0.913. The minimum atomic E-state index is -0.444. The number of amides is 1. The maximum atomic E-state index is 13.0. The van der Waals surface area contributed by atoms with E-state index in [4.69, 9.17) is 0 Å². The molecule has 0 rings (SSSR count). The van der Waals surface area contributed by atoms with Gasteiger partial charge in [-0.05, 0) is 24.7 Å². The van der Waals surface area contributed by atoms with Gasteiger partial charge in [-0.2, -0.15) is 0 Å². The molecule has 0 aliphatic heterocycles. The first-order valence-corrected chi connectivity index (χ1v) is 11.0. The van der Waals surface area contributed by atoms with Gasteiger partial charge in [0.15, 0.2) is 0 Å². The zero-order chi connectivity index (χ0) is 20.2. The van der Waals surface area contributed by atoms with Gasteiger partial charge in [0, 0.05) is 18.5 Å².